The van der Waals surface area contributed by atoms with E-state index in [-0.39, 0.29) is 24.8 Å². The fraction of sp³-hybridized carbons (Fsp3) is 0.381. The Labute approximate surface area is 162 Å². The van der Waals surface area contributed by atoms with Gasteiger partial charge in [0.15, 0.2) is 0 Å². The Morgan fingerprint density at radius 1 is 1.32 bits per heavy atom. The lowest BCUT2D eigenvalue weighted by Gasteiger charge is -2.42. The minimum atomic E-state index is -1.21. The van der Waals surface area contributed by atoms with E-state index in [1.54, 1.807) is 32.0 Å². The van der Waals surface area contributed by atoms with Crippen molar-refractivity contribution >= 4 is 11.6 Å². The minimum Gasteiger partial charge on any atom is -0.487 e. The van der Waals surface area contributed by atoms with E-state index >= 15 is 0 Å². The summed E-state index contributed by atoms with van der Waals surface area (Å²) >= 11 is 0. The molecule has 5 nitrogen and oxygen atoms in total. The van der Waals surface area contributed by atoms with E-state index in [9.17, 15) is 18.7 Å². The molecule has 1 heterocycles. The summed E-state index contributed by atoms with van der Waals surface area (Å²) in [6.45, 7) is 4.07. The van der Waals surface area contributed by atoms with Gasteiger partial charge in [0.25, 0.3) is 0 Å². The lowest BCUT2D eigenvalue weighted by Crippen LogP contribution is -2.58. The van der Waals surface area contributed by atoms with Gasteiger partial charge in [-0.3, -0.25) is 9.69 Å². The number of carbonyl (C=O) groups is 1. The summed E-state index contributed by atoms with van der Waals surface area (Å²) in [5, 5.41) is 13.5. The number of aliphatic hydroxyl groups is 1. The van der Waals surface area contributed by atoms with Crippen LogP contribution >= 0.6 is 0 Å². The fourth-order valence-electron chi connectivity index (χ4n) is 3.41. The van der Waals surface area contributed by atoms with Crippen LogP contribution in [0.2, 0.25) is 0 Å². The molecule has 7 heteroatoms. The van der Waals surface area contributed by atoms with Gasteiger partial charge in [-0.15, -0.1) is 0 Å². The van der Waals surface area contributed by atoms with Gasteiger partial charge >= 0.3 is 0 Å². The average molecular weight is 390 g/mol. The standard InChI is InChI=1S/C21H24F2N2O3/c1-14-17(23)7-4-8-18(14)24-20(26)12-25-10-9-19(21(2,27)13-25)28-16-6-3-5-15(22)11-16/h3-8,11,19,27H,9-10,12-13H2,1-2H3,(H,24,26)/t19-,21-/m0/s1. The maximum Gasteiger partial charge on any atom is 0.238 e. The van der Waals surface area contributed by atoms with E-state index in [1.807, 2.05) is 4.90 Å². The normalized spacial score (nSPS) is 22.7. The monoisotopic (exact) mass is 390 g/mol. The maximum atomic E-state index is 13.6. The first-order valence-electron chi connectivity index (χ1n) is 9.16. The second-order valence-corrected chi connectivity index (χ2v) is 7.38. The first-order valence-corrected chi connectivity index (χ1v) is 9.16. The van der Waals surface area contributed by atoms with Crippen LogP contribution in [-0.4, -0.2) is 47.3 Å². The van der Waals surface area contributed by atoms with E-state index in [4.69, 9.17) is 4.74 Å². The van der Waals surface area contributed by atoms with Crippen molar-refractivity contribution in [2.75, 3.05) is 25.0 Å². The Balaban J connectivity index is 1.57. The van der Waals surface area contributed by atoms with Crippen LogP contribution in [0, 0.1) is 18.6 Å². The number of hydrogen-bond donors (Lipinski definition) is 2. The van der Waals surface area contributed by atoms with Crippen LogP contribution in [0.15, 0.2) is 42.5 Å². The van der Waals surface area contributed by atoms with Gasteiger partial charge < -0.3 is 15.2 Å². The summed E-state index contributed by atoms with van der Waals surface area (Å²) in [4.78, 5) is 14.2. The number of likely N-dealkylation sites (tertiary alicyclic amines) is 1. The van der Waals surface area contributed by atoms with Crippen LogP contribution in [0.3, 0.4) is 0 Å². The van der Waals surface area contributed by atoms with Crippen LogP contribution in [0.25, 0.3) is 0 Å². The van der Waals surface area contributed by atoms with Crippen LogP contribution in [0.1, 0.15) is 18.9 Å². The Kier molecular flexibility index (Phi) is 5.96. The molecule has 150 valence electrons. The highest BCUT2D eigenvalue weighted by molar-refractivity contribution is 5.93. The van der Waals surface area contributed by atoms with E-state index in [0.717, 1.165) is 0 Å². The molecule has 1 amide bonds. The fourth-order valence-corrected chi connectivity index (χ4v) is 3.41. The number of carbonyl (C=O) groups excluding carboxylic acids is 1. The van der Waals surface area contributed by atoms with Gasteiger partial charge in [-0.1, -0.05) is 12.1 Å². The average Bonchev–Trinajstić information content (AvgIpc) is 2.61. The van der Waals surface area contributed by atoms with Crippen molar-refractivity contribution in [3.05, 3.63) is 59.7 Å². The van der Waals surface area contributed by atoms with Gasteiger partial charge in [-0.25, -0.2) is 8.78 Å². The molecular formula is C21H24F2N2O3. The van der Waals surface area contributed by atoms with Gasteiger partial charge in [0, 0.05) is 30.4 Å². The highest BCUT2D eigenvalue weighted by Crippen LogP contribution is 2.27. The van der Waals surface area contributed by atoms with Crippen LogP contribution in [-0.2, 0) is 4.79 Å². The largest absolute Gasteiger partial charge is 0.487 e. The van der Waals surface area contributed by atoms with Crippen molar-refractivity contribution in [3.63, 3.8) is 0 Å². The molecule has 0 unspecified atom stereocenters. The Morgan fingerprint density at radius 3 is 2.79 bits per heavy atom. The highest BCUT2D eigenvalue weighted by atomic mass is 19.1. The zero-order chi connectivity index (χ0) is 20.3. The number of ether oxygens (including phenoxy) is 1. The van der Waals surface area contributed by atoms with Crippen LogP contribution in [0.4, 0.5) is 14.5 Å². The molecule has 2 N–H and O–H groups in total. The summed E-state index contributed by atoms with van der Waals surface area (Å²) in [5.74, 6) is -0.706. The Morgan fingerprint density at radius 2 is 2.07 bits per heavy atom. The van der Waals surface area contributed by atoms with E-state index in [1.165, 1.54) is 24.3 Å². The number of nitrogens with one attached hydrogen (secondary N) is 1. The number of rotatable bonds is 5. The number of benzene rings is 2. The molecule has 0 bridgehead atoms. The van der Waals surface area contributed by atoms with Gasteiger partial charge in [-0.2, -0.15) is 0 Å². The molecule has 1 aliphatic rings. The summed E-state index contributed by atoms with van der Waals surface area (Å²) in [6, 6.07) is 10.3. The molecule has 1 aliphatic heterocycles. The maximum absolute atomic E-state index is 13.6. The van der Waals surface area contributed by atoms with E-state index < -0.39 is 17.5 Å². The van der Waals surface area contributed by atoms with Crippen molar-refractivity contribution in [1.29, 1.82) is 0 Å². The molecule has 1 fully saturated rings. The van der Waals surface area contributed by atoms with Crippen LogP contribution in [0.5, 0.6) is 5.75 Å². The third-order valence-corrected chi connectivity index (χ3v) is 4.93. The summed E-state index contributed by atoms with van der Waals surface area (Å²) in [6.07, 6.45) is -0.0328. The first-order chi connectivity index (χ1) is 13.2. The number of nitrogens with zero attached hydrogens (tertiary/aromatic N) is 1. The van der Waals surface area contributed by atoms with Crippen molar-refractivity contribution in [2.45, 2.75) is 32.0 Å². The number of β-amino-alcohol motifs (C(OH)–C–C–N with tert-alkyl or cyclic N) is 1. The first kappa shape index (κ1) is 20.2. The molecule has 0 radical (unpaired) electrons. The predicted octanol–water partition coefficient (Wildman–Crippen LogP) is 3.12. The van der Waals surface area contributed by atoms with E-state index in [0.29, 0.717) is 30.0 Å². The number of halogens is 2. The second kappa shape index (κ2) is 8.24. The van der Waals surface area contributed by atoms with Crippen molar-refractivity contribution in [1.82, 2.24) is 4.90 Å². The molecule has 1 saturated heterocycles. The predicted molar refractivity (Wildman–Crippen MR) is 102 cm³/mol. The molecule has 0 aromatic heterocycles. The Hall–Kier alpha value is -2.51. The van der Waals surface area contributed by atoms with Crippen molar-refractivity contribution in [2.24, 2.45) is 0 Å². The Bertz CT molecular complexity index is 857. The van der Waals surface area contributed by atoms with Crippen molar-refractivity contribution in [3.8, 4) is 5.75 Å². The topological polar surface area (TPSA) is 61.8 Å². The molecular weight excluding hydrogens is 366 g/mol. The summed E-state index contributed by atoms with van der Waals surface area (Å²) < 4.78 is 32.7. The number of amides is 1. The minimum absolute atomic E-state index is 0.0682. The second-order valence-electron chi connectivity index (χ2n) is 7.38. The van der Waals surface area contributed by atoms with Crippen molar-refractivity contribution < 1.29 is 23.4 Å². The van der Waals surface area contributed by atoms with Crippen LogP contribution < -0.4 is 10.1 Å². The zero-order valence-electron chi connectivity index (χ0n) is 15.9. The number of hydrogen-bond acceptors (Lipinski definition) is 4. The third kappa shape index (κ3) is 4.85. The summed E-state index contributed by atoms with van der Waals surface area (Å²) in [5.41, 5.74) is -0.397. The highest BCUT2D eigenvalue weighted by Gasteiger charge is 2.40. The van der Waals surface area contributed by atoms with Gasteiger partial charge in [0.2, 0.25) is 5.91 Å². The smallest absolute Gasteiger partial charge is 0.238 e. The van der Waals surface area contributed by atoms with E-state index in [2.05, 4.69) is 5.32 Å². The zero-order valence-corrected chi connectivity index (χ0v) is 15.9. The quantitative estimate of drug-likeness (QED) is 0.824. The van der Waals surface area contributed by atoms with Gasteiger partial charge in [0.05, 0.1) is 6.54 Å². The molecule has 0 saturated carbocycles. The lowest BCUT2D eigenvalue weighted by molar-refractivity contribution is -0.123. The SMILES string of the molecule is Cc1c(F)cccc1NC(=O)CN1CC[C@H](Oc2cccc(F)c2)[C@@](C)(O)C1. The number of anilines is 1. The molecule has 28 heavy (non-hydrogen) atoms. The molecule has 0 spiro atoms. The molecule has 2 atom stereocenters. The molecule has 2 aromatic carbocycles. The van der Waals surface area contributed by atoms with Gasteiger partial charge in [0.1, 0.15) is 29.1 Å². The molecule has 2 aromatic rings. The molecule has 3 rings (SSSR count). The van der Waals surface area contributed by atoms with Gasteiger partial charge in [-0.05, 0) is 44.5 Å². The summed E-state index contributed by atoms with van der Waals surface area (Å²) in [7, 11) is 0. The third-order valence-electron chi connectivity index (χ3n) is 4.93. The lowest BCUT2D eigenvalue weighted by atomic mass is 9.91. The molecule has 0 aliphatic carbocycles. The number of piperidine rings is 1.